The number of rotatable bonds is 9. The number of aliphatic hydroxyl groups excluding tert-OH is 1. The lowest BCUT2D eigenvalue weighted by Crippen LogP contribution is -2.35. The lowest BCUT2D eigenvalue weighted by atomic mass is 10.2. The van der Waals surface area contributed by atoms with Gasteiger partial charge in [0.15, 0.2) is 0 Å². The molecule has 4 unspecified atom stereocenters. The number of hydrogen-bond donors (Lipinski definition) is 2. The van der Waals surface area contributed by atoms with Crippen molar-refractivity contribution in [3.8, 4) is 11.8 Å². The van der Waals surface area contributed by atoms with Gasteiger partial charge in [0.05, 0.1) is 12.2 Å². The number of ether oxygens (including phenoxy) is 1. The summed E-state index contributed by atoms with van der Waals surface area (Å²) in [6, 6.07) is 0.275. The van der Waals surface area contributed by atoms with E-state index in [-0.39, 0.29) is 37.7 Å². The van der Waals surface area contributed by atoms with Crippen LogP contribution in [0.3, 0.4) is 0 Å². The van der Waals surface area contributed by atoms with E-state index in [1.54, 1.807) is 6.92 Å². The highest BCUT2D eigenvalue weighted by atomic mass is 31.2. The fourth-order valence-electron chi connectivity index (χ4n) is 3.31. The Labute approximate surface area is 199 Å². The lowest BCUT2D eigenvalue weighted by Gasteiger charge is -2.36. The van der Waals surface area contributed by atoms with E-state index < -0.39 is 38.2 Å². The first-order chi connectivity index (χ1) is 16.6. The summed E-state index contributed by atoms with van der Waals surface area (Å²) in [5.41, 5.74) is -0.990. The zero-order valence-electron chi connectivity index (χ0n) is 22.0. The summed E-state index contributed by atoms with van der Waals surface area (Å²) < 4.78 is 35.3. The van der Waals surface area contributed by atoms with Gasteiger partial charge < -0.3 is 23.7 Å². The van der Waals surface area contributed by atoms with Gasteiger partial charge in [0.2, 0.25) is 7.98 Å². The van der Waals surface area contributed by atoms with E-state index in [4.69, 9.17) is 23.2 Å². The molecule has 10 nitrogen and oxygen atoms in total. The van der Waals surface area contributed by atoms with Crippen LogP contribution in [0, 0.1) is 18.4 Å². The molecule has 1 aromatic rings. The Bertz CT molecular complexity index is 993. The van der Waals surface area contributed by atoms with Crippen molar-refractivity contribution >= 4 is 8.53 Å². The highest BCUT2D eigenvalue weighted by Crippen LogP contribution is 2.49. The SMILES string of the molecule is [2H]CC1OC(n2cc(C#CC)c(=O)[nH]c2=O)CC1OP(OCC[N+]#[C-])N(C(C)C)C(C)C.[3H]OC. The Hall–Kier alpha value is -2.04. The molecule has 0 radical (unpaired) electrons. The Kier molecular flexibility index (Phi) is 11.1. The van der Waals surface area contributed by atoms with Crippen molar-refractivity contribution < 1.29 is 20.3 Å². The molecule has 33 heavy (non-hydrogen) atoms. The van der Waals surface area contributed by atoms with Gasteiger partial charge >= 0.3 is 5.69 Å². The first kappa shape index (κ1) is 25.6. The smallest absolute Gasteiger partial charge is 0.330 e. The topological polar surface area (TPSA) is 110 Å². The molecule has 0 bridgehead atoms. The number of nitrogens with zero attached hydrogens (tertiary/aromatic N) is 3. The minimum atomic E-state index is -1.51. The molecular formula is C22H35N4O6P. The molecule has 0 saturated carbocycles. The summed E-state index contributed by atoms with van der Waals surface area (Å²) in [4.78, 5) is 30.0. The average Bonchev–Trinajstić information content (AvgIpc) is 3.18. The van der Waals surface area contributed by atoms with E-state index in [0.29, 0.717) is 6.42 Å². The van der Waals surface area contributed by atoms with Crippen LogP contribution in [0.1, 0.15) is 61.1 Å². The predicted octanol–water partition coefficient (Wildman–Crippen LogP) is 2.49. The fraction of sp³-hybridized carbons (Fsp3) is 0.682. The summed E-state index contributed by atoms with van der Waals surface area (Å²) in [5, 5.41) is 3.50. The van der Waals surface area contributed by atoms with Crippen molar-refractivity contribution in [3.05, 3.63) is 44.0 Å². The van der Waals surface area contributed by atoms with E-state index in [9.17, 15) is 9.59 Å². The molecule has 2 rings (SSSR count). The first-order valence-electron chi connectivity index (χ1n) is 11.7. The molecule has 1 aliphatic heterocycles. The second-order valence-electron chi connectivity index (χ2n) is 7.61. The van der Waals surface area contributed by atoms with Gasteiger partial charge in [-0.2, -0.15) is 0 Å². The van der Waals surface area contributed by atoms with Crippen LogP contribution in [0.2, 0.25) is 0 Å². The van der Waals surface area contributed by atoms with Crippen molar-refractivity contribution in [1.29, 1.82) is 1.43 Å². The molecule has 11 heteroatoms. The van der Waals surface area contributed by atoms with Crippen LogP contribution in [0.15, 0.2) is 15.8 Å². The molecule has 184 valence electrons. The van der Waals surface area contributed by atoms with Crippen molar-refractivity contribution in [2.45, 2.75) is 78.5 Å². The summed E-state index contributed by atoms with van der Waals surface area (Å²) in [5.74, 6) is 5.33. The second-order valence-corrected chi connectivity index (χ2v) is 9.02. The number of nitrogens with one attached hydrogen (secondary N) is 1. The second kappa shape index (κ2) is 14.3. The molecule has 0 spiro atoms. The van der Waals surface area contributed by atoms with E-state index in [0.717, 1.165) is 0 Å². The number of hydrogen-bond acceptors (Lipinski definition) is 7. The van der Waals surface area contributed by atoms with Crippen LogP contribution in [0.25, 0.3) is 4.85 Å². The Balaban J connectivity index is 0.00000194. The molecule has 0 aromatic carbocycles. The molecule has 1 aliphatic rings. The third kappa shape index (κ3) is 8.04. The summed E-state index contributed by atoms with van der Waals surface area (Å²) in [6.07, 6.45) is -0.0752. The number of H-pyrrole nitrogens is 1. The maximum absolute atomic E-state index is 12.4. The number of aromatic nitrogens is 2. The molecule has 2 heterocycles. The van der Waals surface area contributed by atoms with Gasteiger partial charge in [0.1, 0.15) is 18.4 Å². The molecule has 1 aromatic heterocycles. The zero-order chi connectivity index (χ0) is 26.5. The summed E-state index contributed by atoms with van der Waals surface area (Å²) >= 11 is 0. The van der Waals surface area contributed by atoms with Crippen molar-refractivity contribution in [2.24, 2.45) is 0 Å². The van der Waals surface area contributed by atoms with Gasteiger partial charge in [0.25, 0.3) is 14.1 Å². The monoisotopic (exact) mass is 485 g/mol. The maximum Gasteiger partial charge on any atom is 0.330 e. The molecule has 0 amide bonds. The molecule has 0 aliphatic carbocycles. The van der Waals surface area contributed by atoms with Crippen molar-refractivity contribution in [1.82, 2.24) is 14.2 Å². The van der Waals surface area contributed by atoms with Crippen molar-refractivity contribution in [3.63, 3.8) is 0 Å². The van der Waals surface area contributed by atoms with Gasteiger partial charge in [-0.25, -0.2) is 16.0 Å². The summed E-state index contributed by atoms with van der Waals surface area (Å²) in [6.45, 7) is 17.2. The first-order valence-corrected chi connectivity index (χ1v) is 11.7. The quantitative estimate of drug-likeness (QED) is 0.239. The van der Waals surface area contributed by atoms with E-state index in [2.05, 4.69) is 31.4 Å². The van der Waals surface area contributed by atoms with Crippen LogP contribution < -0.4 is 11.2 Å². The van der Waals surface area contributed by atoms with Crippen LogP contribution >= 0.6 is 8.53 Å². The highest BCUT2D eigenvalue weighted by Gasteiger charge is 2.39. The molecular weight excluding hydrogens is 447 g/mol. The number of aromatic amines is 1. The largest absolute Gasteiger partial charge is 0.400 e. The highest BCUT2D eigenvalue weighted by molar-refractivity contribution is 7.44. The predicted molar refractivity (Wildman–Crippen MR) is 128 cm³/mol. The standard InChI is InChI=1S/C21H31N4O5P.CH4O/c1-8-9-17-13-24(21(27)23-20(17)26)19-12-18(16(6)29-19)30-31(28-11-10-22-7)25(14(2)3)15(4)5;1-2/h13-16,18-19H,10-12H2,1-6H3,(H,23,26,27);2H,1H3/i6D;2T. The van der Waals surface area contributed by atoms with Crippen molar-refractivity contribution in [2.75, 3.05) is 20.3 Å². The van der Waals surface area contributed by atoms with Crippen LogP contribution in [0.4, 0.5) is 0 Å². The molecule has 4 atom stereocenters. The van der Waals surface area contributed by atoms with E-state index in [1.165, 1.54) is 17.9 Å². The van der Waals surface area contributed by atoms with Crippen LogP contribution in [-0.4, -0.2) is 65.3 Å². The Morgan fingerprint density at radius 3 is 2.73 bits per heavy atom. The third-order valence-electron chi connectivity index (χ3n) is 4.60. The fourth-order valence-corrected chi connectivity index (χ4v) is 5.06. The summed E-state index contributed by atoms with van der Waals surface area (Å²) in [7, 11) is -0.220. The van der Waals surface area contributed by atoms with E-state index >= 15 is 0 Å². The van der Waals surface area contributed by atoms with Gasteiger partial charge in [-0.3, -0.25) is 14.3 Å². The number of aliphatic hydroxyl groups is 1. The minimum absolute atomic E-state index is 0.0600. The third-order valence-corrected chi connectivity index (χ3v) is 6.75. The maximum atomic E-state index is 12.4. The Morgan fingerprint density at radius 1 is 1.52 bits per heavy atom. The van der Waals surface area contributed by atoms with Crippen LogP contribution in [0.5, 0.6) is 0 Å². The average molecular weight is 486 g/mol. The normalized spacial score (nSPS) is 21.5. The minimum Gasteiger partial charge on any atom is -0.400 e. The molecule has 1 saturated heterocycles. The molecule has 2 N–H and O–H groups in total. The van der Waals surface area contributed by atoms with Gasteiger partial charge in [0, 0.05) is 33.2 Å². The zero-order valence-corrected chi connectivity index (χ0v) is 20.9. The molecule has 1 fully saturated rings. The van der Waals surface area contributed by atoms with Crippen LogP contribution in [-0.2, 0) is 13.8 Å². The van der Waals surface area contributed by atoms with E-state index in [1.807, 2.05) is 27.7 Å². The lowest BCUT2D eigenvalue weighted by molar-refractivity contribution is -0.00873. The van der Waals surface area contributed by atoms with Gasteiger partial charge in [-0.05, 0) is 41.5 Å². The van der Waals surface area contributed by atoms with Gasteiger partial charge in [-0.1, -0.05) is 5.92 Å². The Morgan fingerprint density at radius 2 is 2.18 bits per heavy atom. The van der Waals surface area contributed by atoms with Gasteiger partial charge in [-0.15, -0.1) is 5.92 Å².